The SMILES string of the molecule is Cc1cccc2c1C=CCC[C@H]2C[C@@H]1C[C@H]2CCC[C@@]2(C(=O)C2CCCc3ncc(C(F)(F)F)cc3C2)C1. The molecule has 2 nitrogen and oxygen atoms in total. The van der Waals surface area contributed by atoms with E-state index in [9.17, 15) is 18.0 Å². The van der Waals surface area contributed by atoms with Crippen LogP contribution in [0.15, 0.2) is 36.5 Å². The molecule has 0 bridgehead atoms. The van der Waals surface area contributed by atoms with Crippen molar-refractivity contribution in [2.45, 2.75) is 96.1 Å². The van der Waals surface area contributed by atoms with Crippen LogP contribution in [0.5, 0.6) is 0 Å². The zero-order valence-corrected chi connectivity index (χ0v) is 22.3. The fourth-order valence-electron chi connectivity index (χ4n) is 8.56. The lowest BCUT2D eigenvalue weighted by atomic mass is 9.70. The van der Waals surface area contributed by atoms with Gasteiger partial charge >= 0.3 is 6.18 Å². The second-order valence-corrected chi connectivity index (χ2v) is 12.5. The molecule has 2 aromatic rings. The van der Waals surface area contributed by atoms with Crippen molar-refractivity contribution in [1.82, 2.24) is 4.98 Å². The largest absolute Gasteiger partial charge is 0.417 e. The minimum Gasteiger partial charge on any atom is -0.299 e. The summed E-state index contributed by atoms with van der Waals surface area (Å²) in [6, 6.07) is 7.93. The number of hydrogen-bond acceptors (Lipinski definition) is 2. The number of alkyl halides is 3. The lowest BCUT2D eigenvalue weighted by molar-refractivity contribution is -0.137. The molecule has 2 fully saturated rings. The van der Waals surface area contributed by atoms with E-state index in [-0.39, 0.29) is 11.3 Å². The fraction of sp³-hybridized carbons (Fsp3) is 0.576. The van der Waals surface area contributed by atoms with Gasteiger partial charge in [0.2, 0.25) is 0 Å². The number of hydrogen-bond donors (Lipinski definition) is 0. The molecule has 0 spiro atoms. The van der Waals surface area contributed by atoms with E-state index in [2.05, 4.69) is 42.3 Å². The van der Waals surface area contributed by atoms with Crippen LogP contribution in [0, 0.1) is 30.1 Å². The third-order valence-electron chi connectivity index (χ3n) is 10.3. The van der Waals surface area contributed by atoms with Gasteiger partial charge in [-0.2, -0.15) is 13.2 Å². The lowest BCUT2D eigenvalue weighted by Crippen LogP contribution is -2.37. The van der Waals surface area contributed by atoms with Crippen molar-refractivity contribution < 1.29 is 18.0 Å². The van der Waals surface area contributed by atoms with Gasteiger partial charge in [0.25, 0.3) is 0 Å². The molecule has 1 aromatic carbocycles. The monoisotopic (exact) mass is 521 g/mol. The van der Waals surface area contributed by atoms with Crippen molar-refractivity contribution in [2.24, 2.45) is 23.2 Å². The van der Waals surface area contributed by atoms with E-state index in [1.165, 1.54) is 22.8 Å². The number of Topliss-reactive ketones (excluding diaryl/α,β-unsaturated/α-hetero) is 1. The zero-order valence-electron chi connectivity index (χ0n) is 22.3. The minimum absolute atomic E-state index is 0.189. The number of benzene rings is 1. The highest BCUT2D eigenvalue weighted by atomic mass is 19.4. The van der Waals surface area contributed by atoms with Crippen LogP contribution in [0.4, 0.5) is 13.2 Å². The Labute approximate surface area is 224 Å². The van der Waals surface area contributed by atoms with E-state index in [4.69, 9.17) is 0 Å². The van der Waals surface area contributed by atoms with Crippen LogP contribution in [-0.2, 0) is 23.8 Å². The Morgan fingerprint density at radius 3 is 2.87 bits per heavy atom. The Morgan fingerprint density at radius 1 is 1.16 bits per heavy atom. The molecule has 0 aliphatic heterocycles. The van der Waals surface area contributed by atoms with Gasteiger partial charge in [0.15, 0.2) is 0 Å². The molecule has 5 heteroatoms. The molecule has 4 aliphatic carbocycles. The van der Waals surface area contributed by atoms with Gasteiger partial charge in [-0.3, -0.25) is 9.78 Å². The Morgan fingerprint density at radius 2 is 2.03 bits per heavy atom. The maximum absolute atomic E-state index is 14.3. The van der Waals surface area contributed by atoms with E-state index < -0.39 is 11.7 Å². The van der Waals surface area contributed by atoms with Crippen LogP contribution >= 0.6 is 0 Å². The molecule has 1 unspecified atom stereocenters. The fourth-order valence-corrected chi connectivity index (χ4v) is 8.56. The third-order valence-corrected chi connectivity index (χ3v) is 10.3. The zero-order chi connectivity index (χ0) is 26.5. The van der Waals surface area contributed by atoms with Crippen LogP contribution in [0.1, 0.15) is 104 Å². The van der Waals surface area contributed by atoms with Crippen LogP contribution in [0.25, 0.3) is 6.08 Å². The first-order valence-electron chi connectivity index (χ1n) is 14.6. The molecule has 38 heavy (non-hydrogen) atoms. The Kier molecular flexibility index (Phi) is 6.76. The second kappa shape index (κ2) is 9.95. The van der Waals surface area contributed by atoms with Crippen molar-refractivity contribution in [3.05, 3.63) is 70.0 Å². The minimum atomic E-state index is -4.41. The standard InChI is InChI=1S/C33H38F3NO/c1-21-7-4-12-29-23(8-2-3-11-28(21)29)15-22-16-26-10-6-14-32(26,19-22)31(38)24-9-5-13-30-25(17-24)18-27(20-37-30)33(34,35)36/h3-4,7,11-12,18,20,22-24,26H,2,5-6,8-10,13-17,19H2,1H3/t22-,23+,24?,26-,32-/m1/s1. The number of ketones is 1. The van der Waals surface area contributed by atoms with Crippen LogP contribution < -0.4 is 0 Å². The van der Waals surface area contributed by atoms with Crippen LogP contribution in [0.3, 0.4) is 0 Å². The van der Waals surface area contributed by atoms with Gasteiger partial charge in [0.1, 0.15) is 5.78 Å². The predicted octanol–water partition coefficient (Wildman–Crippen LogP) is 8.65. The summed E-state index contributed by atoms with van der Waals surface area (Å²) >= 11 is 0. The average Bonchev–Trinajstić information content (AvgIpc) is 3.25. The molecular formula is C33H38F3NO. The molecule has 5 atom stereocenters. The number of aryl methyl sites for hydroxylation is 2. The molecule has 2 saturated carbocycles. The highest BCUT2D eigenvalue weighted by Gasteiger charge is 2.55. The Bertz CT molecular complexity index is 1250. The molecule has 0 N–H and O–H groups in total. The Balaban J connectivity index is 1.22. The van der Waals surface area contributed by atoms with Gasteiger partial charge < -0.3 is 0 Å². The van der Waals surface area contributed by atoms with Gasteiger partial charge in [0, 0.05) is 23.2 Å². The van der Waals surface area contributed by atoms with Crippen LogP contribution in [-0.4, -0.2) is 10.8 Å². The van der Waals surface area contributed by atoms with E-state index >= 15 is 0 Å². The molecule has 202 valence electrons. The average molecular weight is 522 g/mol. The summed E-state index contributed by atoms with van der Waals surface area (Å²) in [5.41, 5.74) is 4.58. The quantitative estimate of drug-likeness (QED) is 0.377. The van der Waals surface area contributed by atoms with Gasteiger partial charge in [-0.25, -0.2) is 0 Å². The number of rotatable bonds is 4. The number of aromatic nitrogens is 1. The smallest absolute Gasteiger partial charge is 0.299 e. The van der Waals surface area contributed by atoms with Crippen LogP contribution in [0.2, 0.25) is 0 Å². The number of fused-ring (bicyclic) bond motifs is 3. The maximum atomic E-state index is 14.3. The molecule has 1 heterocycles. The summed E-state index contributed by atoms with van der Waals surface area (Å²) < 4.78 is 40.2. The molecule has 0 radical (unpaired) electrons. The second-order valence-electron chi connectivity index (χ2n) is 12.5. The van der Waals surface area contributed by atoms with Crippen molar-refractivity contribution >= 4 is 11.9 Å². The number of halogens is 3. The van der Waals surface area contributed by atoms with Gasteiger partial charge in [-0.05, 0) is 124 Å². The Hall–Kier alpha value is -2.43. The van der Waals surface area contributed by atoms with Crippen molar-refractivity contribution in [1.29, 1.82) is 0 Å². The number of pyridine rings is 1. The highest BCUT2D eigenvalue weighted by molar-refractivity contribution is 5.88. The summed E-state index contributed by atoms with van der Waals surface area (Å²) in [7, 11) is 0. The number of carbonyl (C=O) groups excluding carboxylic acids is 1. The summed E-state index contributed by atoms with van der Waals surface area (Å²) in [5.74, 6) is 1.66. The van der Waals surface area contributed by atoms with E-state index in [1.54, 1.807) is 0 Å². The summed E-state index contributed by atoms with van der Waals surface area (Å²) in [6.07, 6.45) is 12.4. The molecule has 0 saturated heterocycles. The molecular weight excluding hydrogens is 483 g/mol. The molecule has 0 amide bonds. The van der Waals surface area contributed by atoms with E-state index in [1.807, 2.05) is 0 Å². The van der Waals surface area contributed by atoms with E-state index in [0.29, 0.717) is 41.9 Å². The number of nitrogens with zero attached hydrogens (tertiary/aromatic N) is 1. The lowest BCUT2D eigenvalue weighted by Gasteiger charge is -2.32. The normalized spacial score (nSPS) is 30.7. The first-order valence-corrected chi connectivity index (χ1v) is 14.6. The third kappa shape index (κ3) is 4.64. The first-order chi connectivity index (χ1) is 18.2. The van der Waals surface area contributed by atoms with Crippen molar-refractivity contribution in [2.75, 3.05) is 0 Å². The van der Waals surface area contributed by atoms with Gasteiger partial charge in [0.05, 0.1) is 5.56 Å². The summed E-state index contributed by atoms with van der Waals surface area (Å²) in [4.78, 5) is 18.5. The van der Waals surface area contributed by atoms with Gasteiger partial charge in [-0.15, -0.1) is 0 Å². The maximum Gasteiger partial charge on any atom is 0.417 e. The molecule has 4 aliphatic rings. The highest BCUT2D eigenvalue weighted by Crippen LogP contribution is 2.60. The topological polar surface area (TPSA) is 30.0 Å². The molecule has 1 aromatic heterocycles. The van der Waals surface area contributed by atoms with Crippen molar-refractivity contribution in [3.8, 4) is 0 Å². The predicted molar refractivity (Wildman–Crippen MR) is 144 cm³/mol. The van der Waals surface area contributed by atoms with Gasteiger partial charge in [-0.1, -0.05) is 36.8 Å². The number of carbonyl (C=O) groups is 1. The number of allylic oxidation sites excluding steroid dienone is 1. The van der Waals surface area contributed by atoms with E-state index in [0.717, 1.165) is 76.1 Å². The first kappa shape index (κ1) is 25.8. The van der Waals surface area contributed by atoms with Crippen molar-refractivity contribution in [3.63, 3.8) is 0 Å². The molecule has 6 rings (SSSR count). The summed E-state index contributed by atoms with van der Waals surface area (Å²) in [6.45, 7) is 2.19. The summed E-state index contributed by atoms with van der Waals surface area (Å²) in [5, 5.41) is 0.